The zero-order valence-electron chi connectivity index (χ0n) is 11.4. The van der Waals surface area contributed by atoms with Crippen molar-refractivity contribution in [3.8, 4) is 0 Å². The van der Waals surface area contributed by atoms with Crippen LogP contribution in [0.1, 0.15) is 30.5 Å². The molecular weight excluding hydrogens is 288 g/mol. The lowest BCUT2D eigenvalue weighted by Gasteiger charge is -2.18. The van der Waals surface area contributed by atoms with E-state index >= 15 is 0 Å². The minimum atomic E-state index is -4.42. The molecule has 2 N–H and O–H groups in total. The van der Waals surface area contributed by atoms with Gasteiger partial charge in [-0.1, -0.05) is 12.1 Å². The second-order valence-corrected chi connectivity index (χ2v) is 5.15. The predicted octanol–water partition coefficient (Wildman–Crippen LogP) is 2.58. The van der Waals surface area contributed by atoms with E-state index < -0.39 is 35.9 Å². The van der Waals surface area contributed by atoms with Gasteiger partial charge in [-0.25, -0.2) is 4.39 Å². The fourth-order valence-corrected chi connectivity index (χ4v) is 2.27. The molecule has 116 valence electrons. The molecule has 1 unspecified atom stereocenters. The highest BCUT2D eigenvalue weighted by Crippen LogP contribution is 2.30. The van der Waals surface area contributed by atoms with Gasteiger partial charge in [-0.15, -0.1) is 0 Å². The molecule has 1 amide bonds. The van der Waals surface area contributed by atoms with Crippen LogP contribution in [0.15, 0.2) is 24.3 Å². The average molecular weight is 304 g/mol. The lowest BCUT2D eigenvalue weighted by molar-refractivity contribution is -0.137. The van der Waals surface area contributed by atoms with Crippen LogP contribution in [-0.4, -0.2) is 24.7 Å². The minimum absolute atomic E-state index is 0.0845. The van der Waals surface area contributed by atoms with Crippen molar-refractivity contribution in [1.82, 2.24) is 10.6 Å². The Morgan fingerprint density at radius 3 is 2.71 bits per heavy atom. The maximum atomic E-state index is 13.0. The fourth-order valence-electron chi connectivity index (χ4n) is 2.27. The van der Waals surface area contributed by atoms with Crippen LogP contribution in [0.5, 0.6) is 0 Å². The molecule has 1 saturated heterocycles. The third-order valence-corrected chi connectivity index (χ3v) is 3.47. The first-order valence-electron chi connectivity index (χ1n) is 6.62. The topological polar surface area (TPSA) is 41.1 Å². The monoisotopic (exact) mass is 304 g/mol. The Kier molecular flexibility index (Phi) is 4.51. The molecule has 1 fully saturated rings. The number of nitrogens with one attached hydrogen (secondary N) is 2. The summed E-state index contributed by atoms with van der Waals surface area (Å²) in [7, 11) is 0. The Morgan fingerprint density at radius 2 is 2.14 bits per heavy atom. The Morgan fingerprint density at radius 1 is 1.43 bits per heavy atom. The number of hydrogen-bond donors (Lipinski definition) is 2. The van der Waals surface area contributed by atoms with Crippen molar-refractivity contribution in [1.29, 1.82) is 0 Å². The van der Waals surface area contributed by atoms with E-state index in [0.29, 0.717) is 5.56 Å². The van der Waals surface area contributed by atoms with Crippen molar-refractivity contribution in [3.05, 3.63) is 35.4 Å². The number of alkyl halides is 4. The van der Waals surface area contributed by atoms with E-state index in [9.17, 15) is 22.4 Å². The quantitative estimate of drug-likeness (QED) is 0.843. The predicted molar refractivity (Wildman–Crippen MR) is 69.3 cm³/mol. The molecular formula is C14H16F4N2O. The molecule has 21 heavy (non-hydrogen) atoms. The van der Waals surface area contributed by atoms with Gasteiger partial charge in [0.25, 0.3) is 0 Å². The number of benzene rings is 1. The molecule has 1 aliphatic heterocycles. The standard InChI is InChI=1S/C14H16F4N2O/c1-8(20-13(21)12-6-11(15)7-19-12)9-3-2-4-10(5-9)14(16,17)18/h2-5,8,11-12,19H,6-7H2,1H3,(H,20,21)/t8-,11?,12-/m1/s1. The van der Waals surface area contributed by atoms with Gasteiger partial charge in [0.15, 0.2) is 0 Å². The van der Waals surface area contributed by atoms with Gasteiger partial charge in [-0.2, -0.15) is 13.2 Å². The third kappa shape index (κ3) is 3.93. The largest absolute Gasteiger partial charge is 0.416 e. The van der Waals surface area contributed by atoms with Crippen molar-refractivity contribution < 1.29 is 22.4 Å². The summed E-state index contributed by atoms with van der Waals surface area (Å²) < 4.78 is 50.9. The van der Waals surface area contributed by atoms with E-state index in [1.54, 1.807) is 6.92 Å². The molecule has 0 radical (unpaired) electrons. The molecule has 0 aliphatic carbocycles. The normalized spacial score (nSPS) is 23.9. The summed E-state index contributed by atoms with van der Waals surface area (Å²) in [5.41, 5.74) is -0.406. The van der Waals surface area contributed by atoms with Crippen LogP contribution in [0, 0.1) is 0 Å². The van der Waals surface area contributed by atoms with Crippen LogP contribution < -0.4 is 10.6 Å². The summed E-state index contributed by atoms with van der Waals surface area (Å²) in [6.07, 6.45) is -5.40. The summed E-state index contributed by atoms with van der Waals surface area (Å²) >= 11 is 0. The molecule has 0 bridgehead atoms. The van der Waals surface area contributed by atoms with Gasteiger partial charge in [-0.3, -0.25) is 4.79 Å². The van der Waals surface area contributed by atoms with E-state index in [0.717, 1.165) is 12.1 Å². The van der Waals surface area contributed by atoms with Crippen LogP contribution in [0.4, 0.5) is 17.6 Å². The summed E-state index contributed by atoms with van der Waals surface area (Å²) in [5, 5.41) is 5.33. The van der Waals surface area contributed by atoms with Gasteiger partial charge in [0.1, 0.15) is 6.17 Å². The van der Waals surface area contributed by atoms with Crippen molar-refractivity contribution in [2.75, 3.05) is 6.54 Å². The van der Waals surface area contributed by atoms with Crippen molar-refractivity contribution in [2.24, 2.45) is 0 Å². The third-order valence-electron chi connectivity index (χ3n) is 3.47. The SMILES string of the molecule is C[C@@H](NC(=O)[C@H]1CC(F)CN1)c1cccc(C(F)(F)F)c1. The summed E-state index contributed by atoms with van der Waals surface area (Å²) in [6.45, 7) is 1.71. The van der Waals surface area contributed by atoms with Crippen LogP contribution in [0.3, 0.4) is 0 Å². The first-order chi connectivity index (χ1) is 9.77. The zero-order valence-corrected chi connectivity index (χ0v) is 11.4. The highest BCUT2D eigenvalue weighted by atomic mass is 19.4. The lowest BCUT2D eigenvalue weighted by Crippen LogP contribution is -2.41. The Labute approximate surface area is 119 Å². The van der Waals surface area contributed by atoms with Gasteiger partial charge in [0, 0.05) is 13.0 Å². The first kappa shape index (κ1) is 15.8. The summed E-state index contributed by atoms with van der Waals surface area (Å²) in [5.74, 6) is -0.403. The summed E-state index contributed by atoms with van der Waals surface area (Å²) in [6, 6.07) is 3.58. The molecule has 7 heteroatoms. The van der Waals surface area contributed by atoms with Crippen LogP contribution >= 0.6 is 0 Å². The maximum absolute atomic E-state index is 13.0. The van der Waals surface area contributed by atoms with Crippen LogP contribution in [-0.2, 0) is 11.0 Å². The van der Waals surface area contributed by atoms with Crippen molar-refractivity contribution >= 4 is 5.91 Å². The number of carbonyl (C=O) groups excluding carboxylic acids is 1. The van der Waals surface area contributed by atoms with Gasteiger partial charge in [0.05, 0.1) is 17.6 Å². The second-order valence-electron chi connectivity index (χ2n) is 5.15. The van der Waals surface area contributed by atoms with E-state index in [4.69, 9.17) is 0 Å². The number of hydrogen-bond acceptors (Lipinski definition) is 2. The van der Waals surface area contributed by atoms with Crippen LogP contribution in [0.25, 0.3) is 0 Å². The number of halogens is 4. The fraction of sp³-hybridized carbons (Fsp3) is 0.500. The molecule has 1 aromatic carbocycles. The lowest BCUT2D eigenvalue weighted by atomic mass is 10.0. The number of amides is 1. The summed E-state index contributed by atoms with van der Waals surface area (Å²) in [4.78, 5) is 11.9. The van der Waals surface area contributed by atoms with E-state index in [1.165, 1.54) is 12.1 Å². The van der Waals surface area contributed by atoms with E-state index in [1.807, 2.05) is 0 Å². The molecule has 0 saturated carbocycles. The van der Waals surface area contributed by atoms with Crippen LogP contribution in [0.2, 0.25) is 0 Å². The number of rotatable bonds is 3. The maximum Gasteiger partial charge on any atom is 0.416 e. The van der Waals surface area contributed by atoms with Gasteiger partial charge >= 0.3 is 6.18 Å². The Bertz CT molecular complexity index is 518. The van der Waals surface area contributed by atoms with Crippen molar-refractivity contribution in [2.45, 2.75) is 37.8 Å². The highest BCUT2D eigenvalue weighted by molar-refractivity contribution is 5.82. The van der Waals surface area contributed by atoms with E-state index in [-0.39, 0.29) is 13.0 Å². The average Bonchev–Trinajstić information content (AvgIpc) is 2.84. The highest BCUT2D eigenvalue weighted by Gasteiger charge is 2.32. The molecule has 2 rings (SSSR count). The van der Waals surface area contributed by atoms with Gasteiger partial charge in [0.2, 0.25) is 5.91 Å². The molecule has 0 aromatic heterocycles. The molecule has 3 nitrogen and oxygen atoms in total. The molecule has 1 heterocycles. The van der Waals surface area contributed by atoms with Crippen molar-refractivity contribution in [3.63, 3.8) is 0 Å². The molecule has 1 aromatic rings. The van der Waals surface area contributed by atoms with Gasteiger partial charge in [-0.05, 0) is 24.6 Å². The Balaban J connectivity index is 2.03. The molecule has 0 spiro atoms. The Hall–Kier alpha value is -1.63. The number of carbonyl (C=O) groups is 1. The first-order valence-corrected chi connectivity index (χ1v) is 6.62. The zero-order chi connectivity index (χ0) is 15.6. The smallest absolute Gasteiger partial charge is 0.348 e. The molecule has 1 aliphatic rings. The van der Waals surface area contributed by atoms with Gasteiger partial charge < -0.3 is 10.6 Å². The minimum Gasteiger partial charge on any atom is -0.348 e. The van der Waals surface area contributed by atoms with E-state index in [2.05, 4.69) is 10.6 Å². The second kappa shape index (κ2) is 6.01. The molecule has 3 atom stereocenters.